The lowest BCUT2D eigenvalue weighted by Gasteiger charge is -2.22. The molecule has 0 aromatic heterocycles. The van der Waals surface area contributed by atoms with Crippen LogP contribution in [-0.4, -0.2) is 73.2 Å². The van der Waals surface area contributed by atoms with E-state index in [4.69, 9.17) is 14.9 Å². The van der Waals surface area contributed by atoms with Crippen molar-refractivity contribution in [2.45, 2.75) is 89.8 Å². The summed E-state index contributed by atoms with van der Waals surface area (Å²) in [5.41, 5.74) is 1.98. The second kappa shape index (κ2) is 29.7. The van der Waals surface area contributed by atoms with Gasteiger partial charge >= 0.3 is 17.9 Å². The van der Waals surface area contributed by atoms with Crippen LogP contribution in [0, 0.1) is 5.92 Å². The van der Waals surface area contributed by atoms with Crippen molar-refractivity contribution in [2.24, 2.45) is 5.92 Å². The van der Waals surface area contributed by atoms with E-state index < -0.39 is 23.7 Å². The van der Waals surface area contributed by atoms with Gasteiger partial charge in [-0.3, -0.25) is 14.4 Å². The number of ether oxygens (including phenoxy) is 1. The van der Waals surface area contributed by atoms with Crippen LogP contribution >= 0.6 is 0 Å². The molecule has 0 spiro atoms. The molecule has 1 aromatic rings. The molecule has 1 rings (SSSR count). The molecular formula is C39H58FN3O7. The fourth-order valence-electron chi connectivity index (χ4n) is 4.70. The van der Waals surface area contributed by atoms with Crippen LogP contribution in [0.5, 0.6) is 0 Å². The van der Waals surface area contributed by atoms with E-state index in [1.807, 2.05) is 44.3 Å². The fourth-order valence-corrected chi connectivity index (χ4v) is 4.70. The molecule has 3 atom stereocenters. The molecule has 278 valence electrons. The number of hydrogen-bond donors (Lipinski definition) is 5. The zero-order valence-electron chi connectivity index (χ0n) is 30.0. The van der Waals surface area contributed by atoms with Crippen molar-refractivity contribution in [3.05, 3.63) is 96.9 Å². The Balaban J connectivity index is 0.00000144. The number of benzene rings is 1. The maximum atomic E-state index is 12.5. The number of aliphatic carboxylic acids is 2. The van der Waals surface area contributed by atoms with Crippen molar-refractivity contribution in [3.63, 3.8) is 0 Å². The van der Waals surface area contributed by atoms with Crippen molar-refractivity contribution >= 4 is 24.2 Å². The molecule has 0 aliphatic heterocycles. The monoisotopic (exact) mass is 699 g/mol. The molecule has 0 radical (unpaired) electrons. The third kappa shape index (κ3) is 23.2. The van der Waals surface area contributed by atoms with Gasteiger partial charge in [0.05, 0.1) is 0 Å². The van der Waals surface area contributed by atoms with Crippen LogP contribution in [0.1, 0.15) is 82.4 Å². The Morgan fingerprint density at radius 1 is 0.980 bits per heavy atom. The minimum Gasteiger partial charge on any atom is -0.481 e. The number of nitrogens with one attached hydrogen (secondary N) is 3. The summed E-state index contributed by atoms with van der Waals surface area (Å²) in [6.45, 7) is 13.5. The number of aldehydes is 1. The standard InChI is InChI=1S/C28H43N3O5.C11H15FO2/c1-3-24(11-6-4-5-7-19-30-20-9-18-29-2)31-26(17-21-32)23-15-13-22(14-16-23)10-8-12-25(27(33)34)28(35)36;1-4-10(12)7-6-8-11(5-2)14-9(3)13/h3-4,6,13-16,21,24-26,29-31H,1,5,7-12,17-20H2,2H3,(H,33,34)(H,35,36);4,6-8,11H,1,5H2,2-3H3/b6-4+;8-6+,10-7+. The summed E-state index contributed by atoms with van der Waals surface area (Å²) < 4.78 is 17.4. The third-order valence-electron chi connectivity index (χ3n) is 7.53. The molecular weight excluding hydrogens is 641 g/mol. The van der Waals surface area contributed by atoms with Crippen molar-refractivity contribution in [3.8, 4) is 0 Å². The van der Waals surface area contributed by atoms with Gasteiger partial charge in [-0.1, -0.05) is 62.1 Å². The number of carboxylic acid groups (broad SMARTS) is 2. The molecule has 3 unspecified atom stereocenters. The van der Waals surface area contributed by atoms with Crippen LogP contribution in [0.25, 0.3) is 0 Å². The number of carbonyl (C=O) groups excluding carboxylic acids is 2. The lowest BCUT2D eigenvalue weighted by molar-refractivity contribution is -0.155. The Morgan fingerprint density at radius 3 is 2.22 bits per heavy atom. The van der Waals surface area contributed by atoms with Gasteiger partial charge in [0.2, 0.25) is 0 Å². The molecule has 11 heteroatoms. The number of rotatable bonds is 27. The van der Waals surface area contributed by atoms with Crippen LogP contribution in [-0.2, 0) is 30.3 Å². The number of unbranched alkanes of at least 4 members (excludes halogenated alkanes) is 1. The minimum absolute atomic E-state index is 0.0366. The highest BCUT2D eigenvalue weighted by atomic mass is 19.1. The topological polar surface area (TPSA) is 154 Å². The number of hydrogen-bond acceptors (Lipinski definition) is 8. The van der Waals surface area contributed by atoms with E-state index in [0.717, 1.165) is 68.8 Å². The molecule has 0 amide bonds. The van der Waals surface area contributed by atoms with Crippen molar-refractivity contribution < 1.29 is 38.5 Å². The van der Waals surface area contributed by atoms with E-state index in [-0.39, 0.29) is 30.6 Å². The molecule has 0 aliphatic rings. The molecule has 5 N–H and O–H groups in total. The third-order valence-corrected chi connectivity index (χ3v) is 7.53. The molecule has 0 heterocycles. The molecule has 0 bridgehead atoms. The highest BCUT2D eigenvalue weighted by molar-refractivity contribution is 5.92. The lowest BCUT2D eigenvalue weighted by atomic mass is 9.97. The van der Waals surface area contributed by atoms with Gasteiger partial charge in [0, 0.05) is 25.4 Å². The van der Waals surface area contributed by atoms with Gasteiger partial charge in [-0.25, -0.2) is 4.39 Å². The highest BCUT2D eigenvalue weighted by Crippen LogP contribution is 2.20. The average Bonchev–Trinajstić information content (AvgIpc) is 3.09. The van der Waals surface area contributed by atoms with Crippen LogP contribution in [0.2, 0.25) is 0 Å². The Bertz CT molecular complexity index is 1220. The Kier molecular flexibility index (Phi) is 27.2. The molecule has 0 saturated heterocycles. The van der Waals surface area contributed by atoms with Gasteiger partial charge in [-0.05, 0) is 107 Å². The number of carboxylic acids is 2. The zero-order chi connectivity index (χ0) is 37.6. The Morgan fingerprint density at radius 2 is 1.66 bits per heavy atom. The molecule has 0 aliphatic carbocycles. The predicted molar refractivity (Wildman–Crippen MR) is 197 cm³/mol. The molecule has 0 fully saturated rings. The average molecular weight is 700 g/mol. The summed E-state index contributed by atoms with van der Waals surface area (Å²) in [5.74, 6) is -4.74. The van der Waals surface area contributed by atoms with Gasteiger partial charge < -0.3 is 35.7 Å². The summed E-state index contributed by atoms with van der Waals surface area (Å²) in [6.07, 6.45) is 18.5. The minimum atomic E-state index is -1.37. The first-order chi connectivity index (χ1) is 24.0. The van der Waals surface area contributed by atoms with Crippen LogP contribution in [0.15, 0.2) is 85.8 Å². The molecule has 0 saturated carbocycles. The normalized spacial score (nSPS) is 13.3. The van der Waals surface area contributed by atoms with E-state index >= 15 is 0 Å². The van der Waals surface area contributed by atoms with Crippen molar-refractivity contribution in [1.82, 2.24) is 16.0 Å². The number of allylic oxidation sites excluding steroid dienone is 5. The lowest BCUT2D eigenvalue weighted by Crippen LogP contribution is -2.31. The van der Waals surface area contributed by atoms with Crippen molar-refractivity contribution in [2.75, 3.05) is 26.7 Å². The molecule has 10 nitrogen and oxygen atoms in total. The quantitative estimate of drug-likeness (QED) is 0.0174. The first-order valence-corrected chi connectivity index (χ1v) is 17.2. The smallest absolute Gasteiger partial charge is 0.317 e. The first-order valence-electron chi connectivity index (χ1n) is 17.2. The fraction of sp³-hybridized carbons (Fsp3) is 0.487. The SMILES string of the molecule is C=C/C(F)=C\C=C\C(CC)OC(C)=O.C=CC(C/C=C/CCCNCCCNC)NC(CC=O)c1ccc(CCCC(C(=O)O)C(=O)O)cc1. The maximum Gasteiger partial charge on any atom is 0.317 e. The summed E-state index contributed by atoms with van der Waals surface area (Å²) in [6, 6.07) is 7.71. The molecule has 50 heavy (non-hydrogen) atoms. The number of esters is 1. The van der Waals surface area contributed by atoms with Gasteiger partial charge in [0.25, 0.3) is 0 Å². The van der Waals surface area contributed by atoms with E-state index in [2.05, 4.69) is 41.3 Å². The zero-order valence-corrected chi connectivity index (χ0v) is 30.0. The number of aryl methyl sites for hydroxylation is 1. The van der Waals surface area contributed by atoms with E-state index in [0.29, 0.717) is 25.7 Å². The summed E-state index contributed by atoms with van der Waals surface area (Å²) in [5, 5.41) is 28.0. The predicted octanol–water partition coefficient (Wildman–Crippen LogP) is 6.42. The second-order valence-electron chi connectivity index (χ2n) is 11.6. The van der Waals surface area contributed by atoms with E-state index in [9.17, 15) is 23.6 Å². The maximum absolute atomic E-state index is 12.5. The van der Waals surface area contributed by atoms with Crippen molar-refractivity contribution in [1.29, 1.82) is 0 Å². The Hall–Kier alpha value is -4.19. The van der Waals surface area contributed by atoms with Gasteiger partial charge in [0.15, 0.2) is 5.92 Å². The van der Waals surface area contributed by atoms with Crippen LogP contribution < -0.4 is 16.0 Å². The highest BCUT2D eigenvalue weighted by Gasteiger charge is 2.24. The second-order valence-corrected chi connectivity index (χ2v) is 11.6. The van der Waals surface area contributed by atoms with Gasteiger partial charge in [-0.2, -0.15) is 0 Å². The van der Waals surface area contributed by atoms with Crippen LogP contribution in [0.3, 0.4) is 0 Å². The summed E-state index contributed by atoms with van der Waals surface area (Å²) in [7, 11) is 1.96. The van der Waals surface area contributed by atoms with Gasteiger partial charge in [-0.15, -0.1) is 6.58 Å². The largest absolute Gasteiger partial charge is 0.481 e. The van der Waals surface area contributed by atoms with E-state index in [1.54, 1.807) is 6.08 Å². The Labute approximate surface area is 297 Å². The number of carbonyl (C=O) groups is 4. The van der Waals surface area contributed by atoms with Crippen LogP contribution in [0.4, 0.5) is 4.39 Å². The summed E-state index contributed by atoms with van der Waals surface area (Å²) >= 11 is 0. The van der Waals surface area contributed by atoms with Gasteiger partial charge in [0.1, 0.15) is 18.2 Å². The van der Waals surface area contributed by atoms with E-state index in [1.165, 1.54) is 19.1 Å². The number of halogens is 1. The summed E-state index contributed by atoms with van der Waals surface area (Å²) in [4.78, 5) is 43.9. The molecule has 1 aromatic carbocycles. The first kappa shape index (κ1) is 45.8.